The first-order valence-corrected chi connectivity index (χ1v) is 10.6. The van der Waals surface area contributed by atoms with Gasteiger partial charge in [0.1, 0.15) is 12.2 Å². The van der Waals surface area contributed by atoms with E-state index in [9.17, 15) is 9.18 Å². The van der Waals surface area contributed by atoms with Crippen LogP contribution in [0, 0.1) is 25.2 Å². The van der Waals surface area contributed by atoms with E-state index in [0.717, 1.165) is 11.1 Å². The fourth-order valence-electron chi connectivity index (χ4n) is 4.07. The fourth-order valence-corrected chi connectivity index (χ4v) is 4.07. The summed E-state index contributed by atoms with van der Waals surface area (Å²) in [5.74, 6) is 0.718. The summed E-state index contributed by atoms with van der Waals surface area (Å²) in [6.07, 6.45) is 1.95. The smallest absolute Gasteiger partial charge is 0.247 e. The average Bonchev–Trinajstić information content (AvgIpc) is 3.09. The van der Waals surface area contributed by atoms with E-state index in [1.807, 2.05) is 41.6 Å². The Bertz CT molecular complexity index is 1280. The number of imidazole rings is 1. The second-order valence-electron chi connectivity index (χ2n) is 8.20. The van der Waals surface area contributed by atoms with Gasteiger partial charge >= 0.3 is 0 Å². The molecule has 0 spiro atoms. The number of amides is 1. The van der Waals surface area contributed by atoms with E-state index < -0.39 is 6.17 Å². The SMILES string of the molecule is C=CC(=O)Nc1cc2nc(N3C[C@H](F)C[C@@H](Nc4ncc(C#N)c(C)n4)C3)n(C)c2cc1C. The van der Waals surface area contributed by atoms with Crippen molar-refractivity contribution < 1.29 is 9.18 Å². The van der Waals surface area contributed by atoms with Gasteiger partial charge in [-0.25, -0.2) is 19.3 Å². The van der Waals surface area contributed by atoms with Crippen molar-refractivity contribution in [1.29, 1.82) is 5.26 Å². The van der Waals surface area contributed by atoms with Gasteiger partial charge in [-0.05, 0) is 37.6 Å². The van der Waals surface area contributed by atoms with E-state index in [0.29, 0.717) is 47.3 Å². The van der Waals surface area contributed by atoms with E-state index in [4.69, 9.17) is 10.2 Å². The summed E-state index contributed by atoms with van der Waals surface area (Å²) in [5.41, 5.74) is 4.12. The third-order valence-corrected chi connectivity index (χ3v) is 5.76. The summed E-state index contributed by atoms with van der Waals surface area (Å²) in [7, 11) is 1.89. The summed E-state index contributed by atoms with van der Waals surface area (Å²) < 4.78 is 16.6. The standard InChI is InChI=1S/C23H25FN8O/c1-5-21(33)29-18-8-19-20(6-13(18)2)31(4)23(30-19)32-11-16(24)7-17(12-32)28-22-26-10-15(9-25)14(3)27-22/h5-6,8,10,16-17H,1,7,11-12H2,2-4H3,(H,29,33)(H,26,27,28)/t16-,17-/m1/s1. The van der Waals surface area contributed by atoms with Gasteiger partial charge in [0.15, 0.2) is 0 Å². The zero-order chi connectivity index (χ0) is 23.7. The monoisotopic (exact) mass is 448 g/mol. The molecule has 2 N–H and O–H groups in total. The predicted octanol–water partition coefficient (Wildman–Crippen LogP) is 3.01. The first-order chi connectivity index (χ1) is 15.8. The van der Waals surface area contributed by atoms with Crippen molar-refractivity contribution in [3.63, 3.8) is 0 Å². The molecule has 0 bridgehead atoms. The highest BCUT2D eigenvalue weighted by Crippen LogP contribution is 2.29. The van der Waals surface area contributed by atoms with Crippen molar-refractivity contribution >= 4 is 34.5 Å². The van der Waals surface area contributed by atoms with Crippen LogP contribution >= 0.6 is 0 Å². The number of aromatic nitrogens is 4. The third-order valence-electron chi connectivity index (χ3n) is 5.76. The van der Waals surface area contributed by atoms with Crippen LogP contribution in [0.1, 0.15) is 23.2 Å². The molecular formula is C23H25FN8O. The van der Waals surface area contributed by atoms with Crippen LogP contribution in [-0.2, 0) is 11.8 Å². The van der Waals surface area contributed by atoms with Crippen LogP contribution in [0.3, 0.4) is 0 Å². The number of benzene rings is 1. The maximum atomic E-state index is 14.7. The maximum absolute atomic E-state index is 14.7. The van der Waals surface area contributed by atoms with Crippen molar-refractivity contribution in [3.05, 3.63) is 47.8 Å². The van der Waals surface area contributed by atoms with Gasteiger partial charge in [-0.3, -0.25) is 4.79 Å². The number of hydrogen-bond donors (Lipinski definition) is 2. The zero-order valence-electron chi connectivity index (χ0n) is 18.8. The van der Waals surface area contributed by atoms with Gasteiger partial charge in [-0.15, -0.1) is 0 Å². The van der Waals surface area contributed by atoms with Crippen LogP contribution in [0.4, 0.5) is 22.0 Å². The van der Waals surface area contributed by atoms with Crippen LogP contribution < -0.4 is 15.5 Å². The van der Waals surface area contributed by atoms with Gasteiger partial charge < -0.3 is 20.1 Å². The summed E-state index contributed by atoms with van der Waals surface area (Å²) in [6.45, 7) is 7.86. The molecule has 1 aliphatic rings. The Morgan fingerprint density at radius 1 is 1.33 bits per heavy atom. The highest BCUT2D eigenvalue weighted by molar-refractivity contribution is 6.00. The number of hydrogen-bond acceptors (Lipinski definition) is 7. The Morgan fingerprint density at radius 2 is 2.12 bits per heavy atom. The van der Waals surface area contributed by atoms with Crippen LogP contribution in [0.25, 0.3) is 11.0 Å². The lowest BCUT2D eigenvalue weighted by atomic mass is 10.0. The number of carbonyl (C=O) groups excluding carboxylic acids is 1. The molecule has 10 heteroatoms. The van der Waals surface area contributed by atoms with Crippen LogP contribution in [0.2, 0.25) is 0 Å². The van der Waals surface area contributed by atoms with Gasteiger partial charge in [0, 0.05) is 31.7 Å². The number of anilines is 3. The number of piperidine rings is 1. The van der Waals surface area contributed by atoms with E-state index in [1.165, 1.54) is 12.3 Å². The molecule has 4 rings (SSSR count). The minimum Gasteiger partial charge on any atom is -0.350 e. The molecular weight excluding hydrogens is 423 g/mol. The quantitative estimate of drug-likeness (QED) is 0.577. The van der Waals surface area contributed by atoms with E-state index in [-0.39, 0.29) is 18.5 Å². The summed E-state index contributed by atoms with van der Waals surface area (Å²) in [5, 5.41) is 15.0. The topological polar surface area (TPSA) is 112 Å². The first kappa shape index (κ1) is 22.2. The molecule has 0 saturated carbocycles. The lowest BCUT2D eigenvalue weighted by Gasteiger charge is -2.35. The molecule has 2 aromatic heterocycles. The molecule has 9 nitrogen and oxygen atoms in total. The van der Waals surface area contributed by atoms with Crippen LogP contribution in [-0.4, -0.2) is 50.7 Å². The number of rotatable bonds is 5. The Labute approximate surface area is 191 Å². The summed E-state index contributed by atoms with van der Waals surface area (Å²) in [6, 6.07) is 5.57. The molecule has 1 aliphatic heterocycles. The minimum atomic E-state index is -1.06. The fraction of sp³-hybridized carbons (Fsp3) is 0.348. The third kappa shape index (κ3) is 4.48. The Balaban J connectivity index is 1.59. The number of nitrogens with zero attached hydrogens (tertiary/aromatic N) is 6. The highest BCUT2D eigenvalue weighted by Gasteiger charge is 2.30. The molecule has 2 atom stereocenters. The highest BCUT2D eigenvalue weighted by atomic mass is 19.1. The molecule has 1 fully saturated rings. The molecule has 0 radical (unpaired) electrons. The second-order valence-corrected chi connectivity index (χ2v) is 8.20. The molecule has 1 saturated heterocycles. The van der Waals surface area contributed by atoms with E-state index >= 15 is 0 Å². The van der Waals surface area contributed by atoms with Gasteiger partial charge in [0.05, 0.1) is 35.0 Å². The molecule has 0 aliphatic carbocycles. The predicted molar refractivity (Wildman–Crippen MR) is 125 cm³/mol. The summed E-state index contributed by atoms with van der Waals surface area (Å²) >= 11 is 0. The normalized spacial score (nSPS) is 18.1. The van der Waals surface area contributed by atoms with Crippen LogP contribution in [0.15, 0.2) is 31.0 Å². The maximum Gasteiger partial charge on any atom is 0.247 e. The lowest BCUT2D eigenvalue weighted by Crippen LogP contribution is -2.48. The molecule has 0 unspecified atom stereocenters. The van der Waals surface area contributed by atoms with Gasteiger partial charge in [0.2, 0.25) is 17.8 Å². The minimum absolute atomic E-state index is 0.224. The Kier molecular flexibility index (Phi) is 5.96. The number of fused-ring (bicyclic) bond motifs is 1. The lowest BCUT2D eigenvalue weighted by molar-refractivity contribution is -0.111. The van der Waals surface area contributed by atoms with Crippen molar-refractivity contribution in [1.82, 2.24) is 19.5 Å². The number of nitrogens with one attached hydrogen (secondary N) is 2. The largest absolute Gasteiger partial charge is 0.350 e. The van der Waals surface area contributed by atoms with Crippen molar-refractivity contribution in [2.75, 3.05) is 28.6 Å². The molecule has 33 heavy (non-hydrogen) atoms. The molecule has 3 heterocycles. The number of aryl methyl sites for hydroxylation is 3. The van der Waals surface area contributed by atoms with Gasteiger partial charge in [-0.1, -0.05) is 6.58 Å². The van der Waals surface area contributed by atoms with E-state index in [1.54, 1.807) is 6.92 Å². The number of alkyl halides is 1. The first-order valence-electron chi connectivity index (χ1n) is 10.6. The van der Waals surface area contributed by atoms with Gasteiger partial charge in [-0.2, -0.15) is 5.26 Å². The van der Waals surface area contributed by atoms with E-state index in [2.05, 4.69) is 27.2 Å². The Hall–Kier alpha value is -4.00. The number of carbonyl (C=O) groups is 1. The Morgan fingerprint density at radius 3 is 2.82 bits per heavy atom. The zero-order valence-corrected chi connectivity index (χ0v) is 18.8. The van der Waals surface area contributed by atoms with Crippen molar-refractivity contribution in [2.45, 2.75) is 32.5 Å². The van der Waals surface area contributed by atoms with Crippen LogP contribution in [0.5, 0.6) is 0 Å². The molecule has 3 aromatic rings. The molecule has 1 aromatic carbocycles. The average molecular weight is 449 g/mol. The van der Waals surface area contributed by atoms with Crippen molar-refractivity contribution in [3.8, 4) is 6.07 Å². The summed E-state index contributed by atoms with van der Waals surface area (Å²) in [4.78, 5) is 26.9. The molecule has 170 valence electrons. The molecule has 1 amide bonds. The number of halogens is 1. The van der Waals surface area contributed by atoms with Gasteiger partial charge in [0.25, 0.3) is 0 Å². The second kappa shape index (κ2) is 8.86. The number of nitriles is 1. The van der Waals surface area contributed by atoms with Crippen molar-refractivity contribution in [2.24, 2.45) is 7.05 Å².